The lowest BCUT2D eigenvalue weighted by molar-refractivity contribution is 0.630. The van der Waals surface area contributed by atoms with E-state index < -0.39 is 0 Å². The first-order valence-corrected chi connectivity index (χ1v) is 7.96. The molecule has 0 aliphatic rings. The highest BCUT2D eigenvalue weighted by atomic mass is 19.1. The molecule has 2 N–H and O–H groups in total. The van der Waals surface area contributed by atoms with Gasteiger partial charge in [0.05, 0.1) is 12.7 Å². The van der Waals surface area contributed by atoms with Crippen LogP contribution in [-0.2, 0) is 6.54 Å². The van der Waals surface area contributed by atoms with Gasteiger partial charge in [0.1, 0.15) is 11.6 Å². The Morgan fingerprint density at radius 3 is 2.92 bits per heavy atom. The summed E-state index contributed by atoms with van der Waals surface area (Å²) in [4.78, 5) is 7.90. The Morgan fingerprint density at radius 2 is 2.08 bits per heavy atom. The zero-order valence-electron chi connectivity index (χ0n) is 13.5. The molecule has 0 saturated heterocycles. The first kappa shape index (κ1) is 14.7. The van der Waals surface area contributed by atoms with Crippen molar-refractivity contribution in [3.05, 3.63) is 59.8 Å². The van der Waals surface area contributed by atoms with E-state index in [4.69, 9.17) is 0 Å². The molecule has 4 aromatic rings. The van der Waals surface area contributed by atoms with Crippen LogP contribution in [0.25, 0.3) is 16.6 Å². The summed E-state index contributed by atoms with van der Waals surface area (Å²) in [7, 11) is 0. The fourth-order valence-electron chi connectivity index (χ4n) is 2.80. The molecule has 0 fully saturated rings. The molecule has 6 heteroatoms. The fourth-order valence-corrected chi connectivity index (χ4v) is 2.80. The Kier molecular flexibility index (Phi) is 3.45. The van der Waals surface area contributed by atoms with Gasteiger partial charge in [-0.25, -0.2) is 9.37 Å². The minimum atomic E-state index is -0.227. The van der Waals surface area contributed by atoms with Crippen LogP contribution in [0.15, 0.2) is 42.6 Å². The van der Waals surface area contributed by atoms with Gasteiger partial charge in [-0.2, -0.15) is 9.61 Å². The summed E-state index contributed by atoms with van der Waals surface area (Å²) >= 11 is 0. The molecule has 5 nitrogen and oxygen atoms in total. The van der Waals surface area contributed by atoms with Crippen LogP contribution in [0.3, 0.4) is 0 Å². The maximum Gasteiger partial charge on any atom is 0.157 e. The van der Waals surface area contributed by atoms with Gasteiger partial charge >= 0.3 is 0 Å². The number of hydrogen-bond acceptors (Lipinski definition) is 3. The molecule has 1 aromatic carbocycles. The van der Waals surface area contributed by atoms with Crippen molar-refractivity contribution >= 4 is 22.4 Å². The Labute approximate surface area is 138 Å². The van der Waals surface area contributed by atoms with Crippen LogP contribution in [-0.4, -0.2) is 19.6 Å². The second-order valence-corrected chi connectivity index (χ2v) is 6.20. The number of nitrogens with zero attached hydrogens (tertiary/aromatic N) is 3. The van der Waals surface area contributed by atoms with Gasteiger partial charge in [-0.1, -0.05) is 13.8 Å². The monoisotopic (exact) mass is 323 g/mol. The van der Waals surface area contributed by atoms with Gasteiger partial charge in [0.25, 0.3) is 0 Å². The highest BCUT2D eigenvalue weighted by Crippen LogP contribution is 2.21. The van der Waals surface area contributed by atoms with Crippen molar-refractivity contribution in [1.29, 1.82) is 0 Å². The zero-order chi connectivity index (χ0) is 16.7. The lowest BCUT2D eigenvalue weighted by atomic mass is 10.1. The number of rotatable bonds is 4. The van der Waals surface area contributed by atoms with E-state index >= 15 is 0 Å². The van der Waals surface area contributed by atoms with Crippen molar-refractivity contribution in [3.63, 3.8) is 0 Å². The van der Waals surface area contributed by atoms with Gasteiger partial charge in [-0.15, -0.1) is 0 Å². The minimum Gasteiger partial charge on any atom is -0.364 e. The van der Waals surface area contributed by atoms with Crippen LogP contribution in [0.1, 0.15) is 31.2 Å². The van der Waals surface area contributed by atoms with E-state index in [0.717, 1.165) is 33.8 Å². The standard InChI is InChI=1S/C18H18FN5/c1-11(2)16-9-18(24-17(23-16)5-6-21-24)20-10-14-8-12-7-13(19)3-4-15(12)22-14/h3-9,11,20,22H,10H2,1-2H3. The maximum absolute atomic E-state index is 13.3. The molecule has 0 saturated carbocycles. The highest BCUT2D eigenvalue weighted by Gasteiger charge is 2.09. The number of anilines is 1. The molecule has 0 bridgehead atoms. The minimum absolute atomic E-state index is 0.227. The van der Waals surface area contributed by atoms with Crippen molar-refractivity contribution in [2.75, 3.05) is 5.32 Å². The Morgan fingerprint density at radius 1 is 1.21 bits per heavy atom. The van der Waals surface area contributed by atoms with E-state index in [1.165, 1.54) is 12.1 Å². The number of aromatic nitrogens is 4. The first-order valence-electron chi connectivity index (χ1n) is 7.96. The van der Waals surface area contributed by atoms with E-state index in [1.54, 1.807) is 16.8 Å². The Hall–Kier alpha value is -2.89. The third-order valence-corrected chi connectivity index (χ3v) is 4.07. The van der Waals surface area contributed by atoms with E-state index in [2.05, 4.69) is 34.2 Å². The number of H-pyrrole nitrogens is 1. The normalized spacial score (nSPS) is 11.7. The summed E-state index contributed by atoms with van der Waals surface area (Å²) in [6, 6.07) is 10.6. The number of hydrogen-bond donors (Lipinski definition) is 2. The molecule has 0 radical (unpaired) electrons. The topological polar surface area (TPSA) is 58.0 Å². The molecule has 0 atom stereocenters. The van der Waals surface area contributed by atoms with Crippen LogP contribution in [0.5, 0.6) is 0 Å². The predicted octanol–water partition coefficient (Wildman–Crippen LogP) is 4.09. The summed E-state index contributed by atoms with van der Waals surface area (Å²) in [5.41, 5.74) is 3.75. The molecule has 0 unspecified atom stereocenters. The summed E-state index contributed by atoms with van der Waals surface area (Å²) in [6.45, 7) is 4.82. The molecule has 24 heavy (non-hydrogen) atoms. The van der Waals surface area contributed by atoms with Crippen molar-refractivity contribution < 1.29 is 4.39 Å². The van der Waals surface area contributed by atoms with E-state index in [1.807, 2.05) is 18.2 Å². The number of halogens is 1. The van der Waals surface area contributed by atoms with Gasteiger partial charge in [0.15, 0.2) is 5.65 Å². The van der Waals surface area contributed by atoms with Crippen molar-refractivity contribution in [3.8, 4) is 0 Å². The molecule has 0 amide bonds. The molecule has 0 spiro atoms. The van der Waals surface area contributed by atoms with Crippen LogP contribution < -0.4 is 5.32 Å². The van der Waals surface area contributed by atoms with Gasteiger partial charge in [0, 0.05) is 34.4 Å². The third kappa shape index (κ3) is 2.60. The average molecular weight is 323 g/mol. The van der Waals surface area contributed by atoms with Gasteiger partial charge in [0.2, 0.25) is 0 Å². The van der Waals surface area contributed by atoms with Crippen LogP contribution in [0.2, 0.25) is 0 Å². The SMILES string of the molecule is CC(C)c1cc(NCc2cc3cc(F)ccc3[nH]2)n2nccc2n1. The maximum atomic E-state index is 13.3. The van der Waals surface area contributed by atoms with Gasteiger partial charge in [-0.05, 0) is 30.2 Å². The molecule has 0 aliphatic heterocycles. The van der Waals surface area contributed by atoms with E-state index in [9.17, 15) is 4.39 Å². The molecule has 122 valence electrons. The van der Waals surface area contributed by atoms with Gasteiger partial charge < -0.3 is 10.3 Å². The summed E-state index contributed by atoms with van der Waals surface area (Å²) in [6.07, 6.45) is 1.74. The third-order valence-electron chi connectivity index (χ3n) is 4.07. The highest BCUT2D eigenvalue weighted by molar-refractivity contribution is 5.80. The largest absolute Gasteiger partial charge is 0.364 e. The predicted molar refractivity (Wildman–Crippen MR) is 92.7 cm³/mol. The first-order chi connectivity index (χ1) is 11.6. The molecule has 3 heterocycles. The Balaban J connectivity index is 1.64. The second kappa shape index (κ2) is 5.63. The average Bonchev–Trinajstić information content (AvgIpc) is 3.17. The van der Waals surface area contributed by atoms with Crippen LogP contribution >= 0.6 is 0 Å². The summed E-state index contributed by atoms with van der Waals surface area (Å²) in [5.74, 6) is 0.995. The Bertz CT molecular complexity index is 1010. The van der Waals surface area contributed by atoms with Crippen molar-refractivity contribution in [1.82, 2.24) is 19.6 Å². The molecule has 3 aromatic heterocycles. The number of nitrogens with one attached hydrogen (secondary N) is 2. The fraction of sp³-hybridized carbons (Fsp3) is 0.222. The number of benzene rings is 1. The summed E-state index contributed by atoms with van der Waals surface area (Å²) < 4.78 is 15.1. The lowest BCUT2D eigenvalue weighted by Gasteiger charge is -2.11. The quantitative estimate of drug-likeness (QED) is 0.595. The van der Waals surface area contributed by atoms with Crippen molar-refractivity contribution in [2.24, 2.45) is 0 Å². The van der Waals surface area contributed by atoms with Crippen molar-refractivity contribution in [2.45, 2.75) is 26.3 Å². The van der Waals surface area contributed by atoms with E-state index in [0.29, 0.717) is 12.5 Å². The molecule has 4 rings (SSSR count). The molecular weight excluding hydrogens is 305 g/mol. The smallest absolute Gasteiger partial charge is 0.157 e. The van der Waals surface area contributed by atoms with Crippen LogP contribution in [0.4, 0.5) is 10.2 Å². The lowest BCUT2D eigenvalue weighted by Crippen LogP contribution is -2.08. The number of fused-ring (bicyclic) bond motifs is 2. The second-order valence-electron chi connectivity index (χ2n) is 6.20. The van der Waals surface area contributed by atoms with Crippen LogP contribution in [0, 0.1) is 5.82 Å². The molecular formula is C18H18FN5. The van der Waals surface area contributed by atoms with E-state index in [-0.39, 0.29) is 5.82 Å². The summed E-state index contributed by atoms with van der Waals surface area (Å²) in [5, 5.41) is 8.58. The molecule has 0 aliphatic carbocycles. The van der Waals surface area contributed by atoms with Gasteiger partial charge in [-0.3, -0.25) is 0 Å². The zero-order valence-corrected chi connectivity index (χ0v) is 13.5. The number of aromatic amines is 1.